The predicted molar refractivity (Wildman–Crippen MR) is 65.0 cm³/mol. The van der Waals surface area contributed by atoms with Crippen molar-refractivity contribution >= 4 is 17.5 Å². The minimum atomic E-state index is 0.464. The molecule has 1 fully saturated rings. The molecule has 0 saturated carbocycles. The van der Waals surface area contributed by atoms with Gasteiger partial charge in [-0.2, -0.15) is 4.98 Å². The SMILES string of the molecule is C[C@H]1CN(c2n[nH]c(-c3csnn3)n2)CCN1. The van der Waals surface area contributed by atoms with Crippen LogP contribution in [-0.4, -0.2) is 50.4 Å². The molecule has 3 rings (SSSR count). The Bertz CT molecular complexity index is 479. The summed E-state index contributed by atoms with van der Waals surface area (Å²) in [5.74, 6) is 1.42. The molecule has 0 unspecified atom stereocenters. The van der Waals surface area contributed by atoms with Crippen LogP contribution in [0.4, 0.5) is 5.95 Å². The molecule has 2 aromatic heterocycles. The van der Waals surface area contributed by atoms with Crippen LogP contribution < -0.4 is 10.2 Å². The second-order valence-corrected chi connectivity index (χ2v) is 4.69. The molecule has 90 valence electrons. The van der Waals surface area contributed by atoms with E-state index >= 15 is 0 Å². The molecule has 1 aliphatic rings. The lowest BCUT2D eigenvalue weighted by Crippen LogP contribution is -2.49. The summed E-state index contributed by atoms with van der Waals surface area (Å²) in [5, 5.41) is 16.3. The maximum absolute atomic E-state index is 4.45. The largest absolute Gasteiger partial charge is 0.337 e. The van der Waals surface area contributed by atoms with Gasteiger partial charge < -0.3 is 10.2 Å². The van der Waals surface area contributed by atoms with Gasteiger partial charge in [0.1, 0.15) is 5.69 Å². The van der Waals surface area contributed by atoms with E-state index < -0.39 is 0 Å². The molecule has 0 spiro atoms. The highest BCUT2D eigenvalue weighted by Gasteiger charge is 2.19. The van der Waals surface area contributed by atoms with Crippen LogP contribution in [-0.2, 0) is 0 Å². The van der Waals surface area contributed by atoms with Gasteiger partial charge in [0, 0.05) is 31.1 Å². The van der Waals surface area contributed by atoms with E-state index in [-0.39, 0.29) is 0 Å². The fourth-order valence-electron chi connectivity index (χ4n) is 1.89. The second-order valence-electron chi connectivity index (χ2n) is 4.08. The van der Waals surface area contributed by atoms with Crippen LogP contribution in [0.25, 0.3) is 11.5 Å². The number of H-pyrrole nitrogens is 1. The van der Waals surface area contributed by atoms with Crippen molar-refractivity contribution in [3.05, 3.63) is 5.38 Å². The zero-order valence-electron chi connectivity index (χ0n) is 9.42. The Balaban J connectivity index is 1.80. The van der Waals surface area contributed by atoms with E-state index in [0.29, 0.717) is 11.9 Å². The van der Waals surface area contributed by atoms with Crippen LogP contribution in [0.1, 0.15) is 6.92 Å². The summed E-state index contributed by atoms with van der Waals surface area (Å²) in [4.78, 5) is 6.61. The molecular formula is C9H13N7S. The Kier molecular flexibility index (Phi) is 2.73. The van der Waals surface area contributed by atoms with Gasteiger partial charge in [0.2, 0.25) is 5.95 Å². The number of hydrogen-bond acceptors (Lipinski definition) is 7. The molecule has 8 heteroatoms. The van der Waals surface area contributed by atoms with Crippen LogP contribution in [0, 0.1) is 0 Å². The number of aromatic nitrogens is 5. The molecule has 1 saturated heterocycles. The minimum Gasteiger partial charge on any atom is -0.337 e. The Morgan fingerprint density at radius 3 is 3.24 bits per heavy atom. The van der Waals surface area contributed by atoms with E-state index in [4.69, 9.17) is 0 Å². The van der Waals surface area contributed by atoms with Gasteiger partial charge in [-0.1, -0.05) is 4.49 Å². The maximum atomic E-state index is 4.45. The lowest BCUT2D eigenvalue weighted by Gasteiger charge is -2.30. The fourth-order valence-corrected chi connectivity index (χ4v) is 2.33. The lowest BCUT2D eigenvalue weighted by molar-refractivity contribution is 0.480. The van der Waals surface area contributed by atoms with Crippen molar-refractivity contribution in [3.63, 3.8) is 0 Å². The third kappa shape index (κ3) is 2.13. The van der Waals surface area contributed by atoms with Gasteiger partial charge in [0.15, 0.2) is 5.82 Å². The van der Waals surface area contributed by atoms with Crippen molar-refractivity contribution in [2.24, 2.45) is 0 Å². The molecule has 1 aliphatic heterocycles. The average molecular weight is 251 g/mol. The Morgan fingerprint density at radius 2 is 2.47 bits per heavy atom. The third-order valence-electron chi connectivity index (χ3n) is 2.73. The minimum absolute atomic E-state index is 0.464. The number of nitrogens with one attached hydrogen (secondary N) is 2. The van der Waals surface area contributed by atoms with Crippen molar-refractivity contribution in [2.45, 2.75) is 13.0 Å². The molecular weight excluding hydrogens is 238 g/mol. The van der Waals surface area contributed by atoms with Crippen molar-refractivity contribution < 1.29 is 0 Å². The molecule has 17 heavy (non-hydrogen) atoms. The quantitative estimate of drug-likeness (QED) is 0.789. The topological polar surface area (TPSA) is 82.6 Å². The van der Waals surface area contributed by atoms with Gasteiger partial charge in [-0.15, -0.1) is 10.2 Å². The number of piperazine rings is 1. The summed E-state index contributed by atoms with van der Waals surface area (Å²) in [6.45, 7) is 4.97. The van der Waals surface area contributed by atoms with E-state index in [2.05, 4.69) is 41.9 Å². The first kappa shape index (κ1) is 10.6. The molecule has 0 radical (unpaired) electrons. The molecule has 0 amide bonds. The number of anilines is 1. The molecule has 2 aromatic rings. The first-order valence-corrected chi connectivity index (χ1v) is 6.35. The number of nitrogens with zero attached hydrogens (tertiary/aromatic N) is 5. The number of aromatic amines is 1. The fraction of sp³-hybridized carbons (Fsp3) is 0.556. The van der Waals surface area contributed by atoms with E-state index in [9.17, 15) is 0 Å². The molecule has 0 aromatic carbocycles. The smallest absolute Gasteiger partial charge is 0.245 e. The highest BCUT2D eigenvalue weighted by atomic mass is 32.1. The van der Waals surface area contributed by atoms with Crippen molar-refractivity contribution in [2.75, 3.05) is 24.5 Å². The Morgan fingerprint density at radius 1 is 1.53 bits per heavy atom. The second kappa shape index (κ2) is 4.38. The van der Waals surface area contributed by atoms with Gasteiger partial charge in [0.05, 0.1) is 0 Å². The molecule has 0 aliphatic carbocycles. The Labute approximate surface area is 102 Å². The molecule has 1 atom stereocenters. The first-order chi connectivity index (χ1) is 8.33. The van der Waals surface area contributed by atoms with Crippen LogP contribution in [0.5, 0.6) is 0 Å². The van der Waals surface area contributed by atoms with E-state index in [1.807, 2.05) is 5.38 Å². The first-order valence-electron chi connectivity index (χ1n) is 5.51. The van der Waals surface area contributed by atoms with Crippen LogP contribution in [0.15, 0.2) is 5.38 Å². The third-order valence-corrected chi connectivity index (χ3v) is 3.23. The van der Waals surface area contributed by atoms with Crippen LogP contribution >= 0.6 is 11.5 Å². The predicted octanol–water partition coefficient (Wildman–Crippen LogP) is 0.121. The molecule has 2 N–H and O–H groups in total. The summed E-state index contributed by atoms with van der Waals surface area (Å²) in [7, 11) is 0. The van der Waals surface area contributed by atoms with Gasteiger partial charge >= 0.3 is 0 Å². The lowest BCUT2D eigenvalue weighted by atomic mass is 10.2. The van der Waals surface area contributed by atoms with Gasteiger partial charge in [-0.3, -0.25) is 5.10 Å². The summed E-state index contributed by atoms with van der Waals surface area (Å²) in [5.41, 5.74) is 0.747. The van der Waals surface area contributed by atoms with E-state index in [1.165, 1.54) is 11.5 Å². The van der Waals surface area contributed by atoms with Crippen molar-refractivity contribution in [1.82, 2.24) is 30.1 Å². The summed E-state index contributed by atoms with van der Waals surface area (Å²) in [6.07, 6.45) is 0. The standard InChI is InChI=1S/C9H13N7S/c1-6-4-16(3-2-10-6)9-11-8(13-14-9)7-5-17-15-12-7/h5-6,10H,2-4H2,1H3,(H,11,13,14)/t6-/m0/s1. The van der Waals surface area contributed by atoms with E-state index in [1.54, 1.807) is 0 Å². The van der Waals surface area contributed by atoms with Crippen LogP contribution in [0.3, 0.4) is 0 Å². The molecule has 0 bridgehead atoms. The highest BCUT2D eigenvalue weighted by molar-refractivity contribution is 7.03. The van der Waals surface area contributed by atoms with Crippen molar-refractivity contribution in [3.8, 4) is 11.5 Å². The highest BCUT2D eigenvalue weighted by Crippen LogP contribution is 2.16. The van der Waals surface area contributed by atoms with Gasteiger partial charge in [-0.05, 0) is 18.5 Å². The van der Waals surface area contributed by atoms with E-state index in [0.717, 1.165) is 31.3 Å². The molecule has 3 heterocycles. The summed E-state index contributed by atoms with van der Waals surface area (Å²) in [6, 6.07) is 0.464. The zero-order chi connectivity index (χ0) is 11.7. The normalized spacial score (nSPS) is 20.8. The summed E-state index contributed by atoms with van der Waals surface area (Å²) >= 11 is 1.31. The van der Waals surface area contributed by atoms with Gasteiger partial charge in [0.25, 0.3) is 0 Å². The van der Waals surface area contributed by atoms with Crippen LogP contribution in [0.2, 0.25) is 0 Å². The van der Waals surface area contributed by atoms with Gasteiger partial charge in [-0.25, -0.2) is 0 Å². The molecule has 7 nitrogen and oxygen atoms in total. The average Bonchev–Trinajstić information content (AvgIpc) is 3.00. The zero-order valence-corrected chi connectivity index (χ0v) is 10.2. The maximum Gasteiger partial charge on any atom is 0.245 e. The summed E-state index contributed by atoms with van der Waals surface area (Å²) < 4.78 is 3.81. The number of rotatable bonds is 2. The Hall–Kier alpha value is -1.54. The van der Waals surface area contributed by atoms with Crippen molar-refractivity contribution in [1.29, 1.82) is 0 Å². The number of hydrogen-bond donors (Lipinski definition) is 2. The monoisotopic (exact) mass is 251 g/mol.